The molecule has 0 bridgehead atoms. The van der Waals surface area contributed by atoms with Gasteiger partial charge in [0.2, 0.25) is 0 Å². The monoisotopic (exact) mass is 341 g/mol. The van der Waals surface area contributed by atoms with Gasteiger partial charge in [-0.15, -0.1) is 12.4 Å². The summed E-state index contributed by atoms with van der Waals surface area (Å²) in [6, 6.07) is 15.4. The summed E-state index contributed by atoms with van der Waals surface area (Å²) in [6.45, 7) is 0. The average molecular weight is 342 g/mol. The summed E-state index contributed by atoms with van der Waals surface area (Å²) < 4.78 is 10.6. The number of ether oxygens (including phenoxy) is 2. The fraction of sp³-hybridized carbons (Fsp3) is 0.111. The molecule has 2 aromatic carbocycles. The Balaban J connectivity index is 0.00000208. The number of halogens is 1. The van der Waals surface area contributed by atoms with Crippen molar-refractivity contribution in [3.63, 3.8) is 0 Å². The number of hydrogen-bond acceptors (Lipinski definition) is 5. The van der Waals surface area contributed by atoms with Crippen LogP contribution < -0.4 is 14.8 Å². The van der Waals surface area contributed by atoms with Crippen molar-refractivity contribution in [2.24, 2.45) is 0 Å². The average Bonchev–Trinajstić information content (AvgIpc) is 2.61. The zero-order chi connectivity index (χ0) is 16.2. The molecule has 0 spiro atoms. The summed E-state index contributed by atoms with van der Waals surface area (Å²) in [4.78, 5) is 4.31. The number of aromatic nitrogens is 1. The SMILES string of the molecule is COc1ccc(Nc2c(C#N)cnc3ccccc23)cc1OC.Cl. The highest BCUT2D eigenvalue weighted by Gasteiger charge is 2.10. The van der Waals surface area contributed by atoms with Crippen LogP contribution in [0.4, 0.5) is 11.4 Å². The number of hydrogen-bond donors (Lipinski definition) is 1. The third-order valence-corrected chi connectivity index (χ3v) is 3.55. The van der Waals surface area contributed by atoms with Gasteiger partial charge in [0.05, 0.1) is 31.0 Å². The number of pyridine rings is 1. The van der Waals surface area contributed by atoms with Crippen molar-refractivity contribution in [2.75, 3.05) is 19.5 Å². The molecule has 3 aromatic rings. The minimum atomic E-state index is 0. The molecule has 5 nitrogen and oxygen atoms in total. The summed E-state index contributed by atoms with van der Waals surface area (Å²) >= 11 is 0. The summed E-state index contributed by atoms with van der Waals surface area (Å²) in [7, 11) is 3.18. The number of methoxy groups -OCH3 is 2. The third-order valence-electron chi connectivity index (χ3n) is 3.55. The first-order valence-corrected chi connectivity index (χ1v) is 7.03. The van der Waals surface area contributed by atoms with Crippen LogP contribution in [0.1, 0.15) is 5.56 Å². The van der Waals surface area contributed by atoms with Crippen molar-refractivity contribution in [1.82, 2.24) is 4.98 Å². The molecule has 122 valence electrons. The Morgan fingerprint density at radius 2 is 1.79 bits per heavy atom. The van der Waals surface area contributed by atoms with Gasteiger partial charge < -0.3 is 14.8 Å². The van der Waals surface area contributed by atoms with Gasteiger partial charge in [-0.1, -0.05) is 18.2 Å². The van der Waals surface area contributed by atoms with Crippen LogP contribution in [0.5, 0.6) is 11.5 Å². The molecule has 0 unspecified atom stereocenters. The number of benzene rings is 2. The van der Waals surface area contributed by atoms with Crippen LogP contribution in [0.25, 0.3) is 10.9 Å². The van der Waals surface area contributed by atoms with Gasteiger partial charge in [0, 0.05) is 23.3 Å². The lowest BCUT2D eigenvalue weighted by atomic mass is 10.1. The predicted octanol–water partition coefficient (Wildman–Crippen LogP) is 4.29. The van der Waals surface area contributed by atoms with Crippen LogP contribution in [0.2, 0.25) is 0 Å². The van der Waals surface area contributed by atoms with E-state index < -0.39 is 0 Å². The lowest BCUT2D eigenvalue weighted by Crippen LogP contribution is -1.98. The van der Waals surface area contributed by atoms with Crippen LogP contribution in [0.3, 0.4) is 0 Å². The number of para-hydroxylation sites is 1. The van der Waals surface area contributed by atoms with Crippen molar-refractivity contribution >= 4 is 34.7 Å². The molecule has 1 aromatic heterocycles. The largest absolute Gasteiger partial charge is 0.493 e. The van der Waals surface area contributed by atoms with E-state index in [2.05, 4.69) is 16.4 Å². The van der Waals surface area contributed by atoms with E-state index >= 15 is 0 Å². The fourth-order valence-corrected chi connectivity index (χ4v) is 2.42. The Kier molecular flexibility index (Phi) is 5.46. The summed E-state index contributed by atoms with van der Waals surface area (Å²) in [5, 5.41) is 13.5. The van der Waals surface area contributed by atoms with Crippen LogP contribution >= 0.6 is 12.4 Å². The Hall–Kier alpha value is -2.97. The standard InChI is InChI=1S/C18H15N3O2.ClH/c1-22-16-8-7-13(9-17(16)23-2)21-18-12(10-19)11-20-15-6-4-3-5-14(15)18;/h3-9,11H,1-2H3,(H,20,21);1H. The number of fused-ring (bicyclic) bond motifs is 1. The molecule has 0 radical (unpaired) electrons. The molecule has 0 fully saturated rings. The van der Waals surface area contributed by atoms with Crippen molar-refractivity contribution in [3.05, 3.63) is 54.2 Å². The van der Waals surface area contributed by atoms with E-state index in [0.29, 0.717) is 17.1 Å². The molecule has 1 N–H and O–H groups in total. The summed E-state index contributed by atoms with van der Waals surface area (Å²) in [5.74, 6) is 1.27. The highest BCUT2D eigenvalue weighted by molar-refractivity contribution is 5.95. The first-order chi connectivity index (χ1) is 11.3. The van der Waals surface area contributed by atoms with Crippen LogP contribution in [0, 0.1) is 11.3 Å². The van der Waals surface area contributed by atoms with Crippen molar-refractivity contribution < 1.29 is 9.47 Å². The minimum Gasteiger partial charge on any atom is -0.493 e. The molecule has 1 heterocycles. The molecular formula is C18H16ClN3O2. The quantitative estimate of drug-likeness (QED) is 0.766. The van der Waals surface area contributed by atoms with E-state index in [9.17, 15) is 5.26 Å². The van der Waals surface area contributed by atoms with Crippen LogP contribution in [0.15, 0.2) is 48.7 Å². The summed E-state index contributed by atoms with van der Waals surface area (Å²) in [5.41, 5.74) is 2.84. The predicted molar refractivity (Wildman–Crippen MR) is 96.5 cm³/mol. The summed E-state index contributed by atoms with van der Waals surface area (Å²) in [6.07, 6.45) is 1.57. The van der Waals surface area contributed by atoms with E-state index in [1.165, 1.54) is 0 Å². The number of anilines is 2. The Labute approximate surface area is 146 Å². The molecule has 0 atom stereocenters. The Morgan fingerprint density at radius 3 is 2.50 bits per heavy atom. The van der Waals surface area contributed by atoms with Crippen molar-refractivity contribution in [1.29, 1.82) is 5.26 Å². The molecule has 0 aliphatic carbocycles. The topological polar surface area (TPSA) is 67.2 Å². The minimum absolute atomic E-state index is 0. The first kappa shape index (κ1) is 17.4. The number of nitriles is 1. The van der Waals surface area contributed by atoms with Gasteiger partial charge in [-0.3, -0.25) is 4.98 Å². The number of nitrogens with zero attached hydrogens (tertiary/aromatic N) is 2. The maximum atomic E-state index is 9.36. The van der Waals surface area contributed by atoms with E-state index in [1.807, 2.05) is 42.5 Å². The zero-order valence-corrected chi connectivity index (χ0v) is 14.1. The highest BCUT2D eigenvalue weighted by Crippen LogP contribution is 2.33. The Bertz CT molecular complexity index is 906. The lowest BCUT2D eigenvalue weighted by molar-refractivity contribution is 0.355. The van der Waals surface area contributed by atoms with Gasteiger partial charge in [0.15, 0.2) is 11.5 Å². The lowest BCUT2D eigenvalue weighted by Gasteiger charge is -2.13. The van der Waals surface area contributed by atoms with Crippen molar-refractivity contribution in [3.8, 4) is 17.6 Å². The third kappa shape index (κ3) is 3.19. The second-order valence-corrected chi connectivity index (χ2v) is 4.87. The second kappa shape index (κ2) is 7.53. The van der Waals surface area contributed by atoms with Crippen LogP contribution in [-0.2, 0) is 0 Å². The van der Waals surface area contributed by atoms with Gasteiger partial charge in [0.1, 0.15) is 6.07 Å². The van der Waals surface area contributed by atoms with Gasteiger partial charge in [0.25, 0.3) is 0 Å². The maximum Gasteiger partial charge on any atom is 0.162 e. The molecule has 6 heteroatoms. The maximum absolute atomic E-state index is 9.36. The van der Waals surface area contributed by atoms with Crippen molar-refractivity contribution in [2.45, 2.75) is 0 Å². The van der Waals surface area contributed by atoms with Crippen LogP contribution in [-0.4, -0.2) is 19.2 Å². The van der Waals surface area contributed by atoms with E-state index in [-0.39, 0.29) is 12.4 Å². The molecule has 0 saturated heterocycles. The highest BCUT2D eigenvalue weighted by atomic mass is 35.5. The second-order valence-electron chi connectivity index (χ2n) is 4.87. The zero-order valence-electron chi connectivity index (χ0n) is 13.2. The molecule has 3 rings (SSSR count). The first-order valence-electron chi connectivity index (χ1n) is 7.03. The van der Waals surface area contributed by atoms with E-state index in [0.717, 1.165) is 22.3 Å². The molecule has 0 amide bonds. The molecular weight excluding hydrogens is 326 g/mol. The number of nitrogens with one attached hydrogen (secondary N) is 1. The number of rotatable bonds is 4. The molecule has 0 aliphatic rings. The van der Waals surface area contributed by atoms with Gasteiger partial charge in [-0.2, -0.15) is 5.26 Å². The van der Waals surface area contributed by atoms with Gasteiger partial charge >= 0.3 is 0 Å². The molecule has 0 aliphatic heterocycles. The molecule has 0 saturated carbocycles. The fourth-order valence-electron chi connectivity index (χ4n) is 2.42. The molecule has 24 heavy (non-hydrogen) atoms. The Morgan fingerprint density at radius 1 is 1.04 bits per heavy atom. The van der Waals surface area contributed by atoms with Gasteiger partial charge in [-0.25, -0.2) is 0 Å². The van der Waals surface area contributed by atoms with Gasteiger partial charge in [-0.05, 0) is 18.2 Å². The van der Waals surface area contributed by atoms with E-state index in [4.69, 9.17) is 9.47 Å². The van der Waals surface area contributed by atoms with E-state index in [1.54, 1.807) is 20.4 Å². The smallest absolute Gasteiger partial charge is 0.162 e. The normalized spacial score (nSPS) is 9.71.